The number of carbonyl (C=O) groups excluding carboxylic acids is 2. The van der Waals surface area contributed by atoms with Gasteiger partial charge in [0.2, 0.25) is 5.95 Å². The summed E-state index contributed by atoms with van der Waals surface area (Å²) in [6.45, 7) is 2.79. The van der Waals surface area contributed by atoms with E-state index in [1.165, 1.54) is 18.1 Å². The normalized spacial score (nSPS) is 13.0. The van der Waals surface area contributed by atoms with Crippen molar-refractivity contribution in [2.75, 3.05) is 11.9 Å². The molecule has 2 heterocycles. The van der Waals surface area contributed by atoms with Gasteiger partial charge in [0.25, 0.3) is 5.91 Å². The van der Waals surface area contributed by atoms with Crippen LogP contribution in [0.5, 0.6) is 0 Å². The van der Waals surface area contributed by atoms with Crippen LogP contribution in [0.2, 0.25) is 0 Å². The molecule has 1 aliphatic heterocycles. The second kappa shape index (κ2) is 7.60. The lowest BCUT2D eigenvalue weighted by molar-refractivity contribution is 0.0728. The minimum absolute atomic E-state index is 0.0125. The van der Waals surface area contributed by atoms with Gasteiger partial charge in [-0.1, -0.05) is 24.3 Å². The van der Waals surface area contributed by atoms with Crippen LogP contribution in [0.1, 0.15) is 38.9 Å². The van der Waals surface area contributed by atoms with Crippen LogP contribution in [-0.2, 0) is 13.0 Å². The van der Waals surface area contributed by atoms with Crippen molar-refractivity contribution in [2.45, 2.75) is 19.9 Å². The molecule has 0 saturated heterocycles. The maximum atomic E-state index is 12.9. The molecule has 1 N–H and O–H groups in total. The molecule has 1 amide bonds. The average molecular weight is 372 g/mol. The molecule has 3 aromatic rings. The first-order chi connectivity index (χ1) is 13.6. The fourth-order valence-corrected chi connectivity index (χ4v) is 3.29. The first-order valence-electron chi connectivity index (χ1n) is 9.17. The summed E-state index contributed by atoms with van der Waals surface area (Å²) in [6, 6.07) is 16.9. The molecule has 1 aromatic heterocycles. The Bertz CT molecular complexity index is 1030. The van der Waals surface area contributed by atoms with Gasteiger partial charge in [-0.2, -0.15) is 0 Å². The van der Waals surface area contributed by atoms with E-state index in [1.807, 2.05) is 17.0 Å². The maximum absolute atomic E-state index is 12.9. The summed E-state index contributed by atoms with van der Waals surface area (Å²) in [5.41, 5.74) is 4.23. The Labute approximate surface area is 163 Å². The zero-order chi connectivity index (χ0) is 19.5. The molecule has 0 aliphatic carbocycles. The molecule has 0 fully saturated rings. The van der Waals surface area contributed by atoms with Crippen LogP contribution in [0.25, 0.3) is 0 Å². The third kappa shape index (κ3) is 3.76. The number of carbonyl (C=O) groups is 2. The largest absolute Gasteiger partial charge is 0.333 e. The van der Waals surface area contributed by atoms with E-state index in [4.69, 9.17) is 0 Å². The number of nitrogens with zero attached hydrogens (tertiary/aromatic N) is 3. The van der Waals surface area contributed by atoms with Gasteiger partial charge in [-0.05, 0) is 54.8 Å². The third-order valence-electron chi connectivity index (χ3n) is 4.84. The Kier molecular flexibility index (Phi) is 4.85. The molecule has 6 heteroatoms. The van der Waals surface area contributed by atoms with Crippen molar-refractivity contribution >= 4 is 23.3 Å². The van der Waals surface area contributed by atoms with E-state index in [2.05, 4.69) is 27.4 Å². The van der Waals surface area contributed by atoms with Gasteiger partial charge in [0.1, 0.15) is 5.69 Å². The maximum Gasteiger partial charge on any atom is 0.272 e. The van der Waals surface area contributed by atoms with Crippen LogP contribution in [0, 0.1) is 0 Å². The summed E-state index contributed by atoms with van der Waals surface area (Å²) in [6.07, 6.45) is 2.42. The van der Waals surface area contributed by atoms with E-state index < -0.39 is 0 Å². The molecule has 0 saturated carbocycles. The van der Waals surface area contributed by atoms with Crippen LogP contribution in [0.4, 0.5) is 11.6 Å². The molecule has 0 radical (unpaired) electrons. The molecule has 0 bridgehead atoms. The predicted molar refractivity (Wildman–Crippen MR) is 107 cm³/mol. The zero-order valence-electron chi connectivity index (χ0n) is 15.6. The third-order valence-corrected chi connectivity index (χ3v) is 4.84. The minimum Gasteiger partial charge on any atom is -0.333 e. The lowest BCUT2D eigenvalue weighted by Gasteiger charge is -2.28. The number of Topliss-reactive ketones (excluding diaryl/α,β-unsaturated/α-hetero) is 1. The molecule has 140 valence electrons. The molecule has 2 aromatic carbocycles. The van der Waals surface area contributed by atoms with E-state index >= 15 is 0 Å². The van der Waals surface area contributed by atoms with E-state index in [-0.39, 0.29) is 11.7 Å². The Morgan fingerprint density at radius 1 is 1.00 bits per heavy atom. The Hall–Kier alpha value is -3.54. The van der Waals surface area contributed by atoms with Gasteiger partial charge in [0.15, 0.2) is 5.78 Å². The van der Waals surface area contributed by atoms with Crippen molar-refractivity contribution in [1.29, 1.82) is 0 Å². The highest BCUT2D eigenvalue weighted by molar-refractivity contribution is 5.94. The fraction of sp³-hybridized carbons (Fsp3) is 0.182. The predicted octanol–water partition coefficient (Wildman–Crippen LogP) is 3.62. The van der Waals surface area contributed by atoms with E-state index in [9.17, 15) is 9.59 Å². The van der Waals surface area contributed by atoms with Gasteiger partial charge in [0, 0.05) is 30.5 Å². The highest BCUT2D eigenvalue weighted by atomic mass is 16.2. The number of anilines is 2. The second-order valence-electron chi connectivity index (χ2n) is 6.77. The quantitative estimate of drug-likeness (QED) is 0.708. The first-order valence-corrected chi connectivity index (χ1v) is 9.17. The monoisotopic (exact) mass is 372 g/mol. The van der Waals surface area contributed by atoms with Crippen molar-refractivity contribution in [3.63, 3.8) is 0 Å². The highest BCUT2D eigenvalue weighted by Gasteiger charge is 2.22. The number of aromatic nitrogens is 2. The van der Waals surface area contributed by atoms with Crippen LogP contribution in [-0.4, -0.2) is 33.1 Å². The molecule has 1 aliphatic rings. The smallest absolute Gasteiger partial charge is 0.272 e. The molecule has 0 spiro atoms. The van der Waals surface area contributed by atoms with Crippen molar-refractivity contribution < 1.29 is 9.59 Å². The summed E-state index contributed by atoms with van der Waals surface area (Å²) in [5.74, 6) is 0.254. The van der Waals surface area contributed by atoms with Crippen LogP contribution < -0.4 is 5.32 Å². The van der Waals surface area contributed by atoms with E-state index in [0.29, 0.717) is 30.3 Å². The Morgan fingerprint density at radius 2 is 1.75 bits per heavy atom. The SMILES string of the molecule is CC(=O)c1ccc(Nc2nccc(C(=O)N3CCc4ccccc4C3)n2)cc1. The Balaban J connectivity index is 1.49. The van der Waals surface area contributed by atoms with Gasteiger partial charge in [-0.3, -0.25) is 9.59 Å². The lowest BCUT2D eigenvalue weighted by atomic mass is 10.00. The highest BCUT2D eigenvalue weighted by Crippen LogP contribution is 2.20. The summed E-state index contributed by atoms with van der Waals surface area (Å²) in [4.78, 5) is 34.7. The number of amides is 1. The van der Waals surface area contributed by atoms with Gasteiger partial charge in [-0.25, -0.2) is 9.97 Å². The summed E-state index contributed by atoms with van der Waals surface area (Å²) < 4.78 is 0. The molecule has 0 atom stereocenters. The number of hydrogen-bond donors (Lipinski definition) is 1. The zero-order valence-corrected chi connectivity index (χ0v) is 15.6. The standard InChI is InChI=1S/C22H20N4O2/c1-15(27)16-6-8-19(9-7-16)24-22-23-12-10-20(25-22)21(28)26-13-11-17-4-2-3-5-18(17)14-26/h2-10,12H,11,13-14H2,1H3,(H,23,24,25). The van der Waals surface area contributed by atoms with Gasteiger partial charge < -0.3 is 10.2 Å². The molecular weight excluding hydrogens is 352 g/mol. The van der Waals surface area contributed by atoms with Crippen LogP contribution in [0.3, 0.4) is 0 Å². The van der Waals surface area contributed by atoms with Gasteiger partial charge in [-0.15, -0.1) is 0 Å². The fourth-order valence-electron chi connectivity index (χ4n) is 3.29. The second-order valence-corrected chi connectivity index (χ2v) is 6.77. The average Bonchev–Trinajstić information content (AvgIpc) is 2.73. The first kappa shape index (κ1) is 17.9. The molecule has 0 unspecified atom stereocenters. The summed E-state index contributed by atoms with van der Waals surface area (Å²) in [5, 5.41) is 3.08. The van der Waals surface area contributed by atoms with Crippen molar-refractivity contribution in [3.8, 4) is 0 Å². The molecule has 6 nitrogen and oxygen atoms in total. The summed E-state index contributed by atoms with van der Waals surface area (Å²) in [7, 11) is 0. The summed E-state index contributed by atoms with van der Waals surface area (Å²) >= 11 is 0. The van der Waals surface area contributed by atoms with Gasteiger partial charge in [0.05, 0.1) is 0 Å². The number of benzene rings is 2. The van der Waals surface area contributed by atoms with Crippen LogP contribution >= 0.6 is 0 Å². The topological polar surface area (TPSA) is 75.2 Å². The number of rotatable bonds is 4. The lowest BCUT2D eigenvalue weighted by Crippen LogP contribution is -2.36. The Morgan fingerprint density at radius 3 is 2.50 bits per heavy atom. The van der Waals surface area contributed by atoms with E-state index in [1.54, 1.807) is 36.5 Å². The number of nitrogens with one attached hydrogen (secondary N) is 1. The molecular formula is C22H20N4O2. The van der Waals surface area contributed by atoms with Crippen molar-refractivity contribution in [2.24, 2.45) is 0 Å². The van der Waals surface area contributed by atoms with E-state index in [0.717, 1.165) is 12.1 Å². The number of hydrogen-bond acceptors (Lipinski definition) is 5. The number of fused-ring (bicyclic) bond motifs is 1. The van der Waals surface area contributed by atoms with Gasteiger partial charge >= 0.3 is 0 Å². The van der Waals surface area contributed by atoms with Crippen molar-refractivity contribution in [1.82, 2.24) is 14.9 Å². The minimum atomic E-state index is -0.105. The number of ketones is 1. The van der Waals surface area contributed by atoms with Crippen molar-refractivity contribution in [3.05, 3.63) is 83.2 Å². The van der Waals surface area contributed by atoms with Crippen LogP contribution in [0.15, 0.2) is 60.8 Å². The molecule has 28 heavy (non-hydrogen) atoms. The molecule has 4 rings (SSSR count).